The summed E-state index contributed by atoms with van der Waals surface area (Å²) >= 11 is 0. The number of aldehydes is 1. The fourth-order valence-corrected chi connectivity index (χ4v) is 6.58. The van der Waals surface area contributed by atoms with E-state index in [0.29, 0.717) is 11.3 Å². The number of hydrogen-bond donors (Lipinski definition) is 0. The van der Waals surface area contributed by atoms with Crippen LogP contribution in [0.1, 0.15) is 39.5 Å². The summed E-state index contributed by atoms with van der Waals surface area (Å²) in [5.41, 5.74) is 2.07. The molecule has 3 aromatic carbocycles. The molecule has 0 unspecified atom stereocenters. The fraction of sp³-hybridized carbons (Fsp3) is 0.214. The molecule has 2 bridgehead atoms. The number of carbonyl (C=O) groups is 4. The summed E-state index contributed by atoms with van der Waals surface area (Å²) in [6.07, 6.45) is 0.857. The van der Waals surface area contributed by atoms with Crippen LogP contribution in [0.4, 0.5) is 5.69 Å². The summed E-state index contributed by atoms with van der Waals surface area (Å²) in [7, 11) is 1.29. The van der Waals surface area contributed by atoms with Crippen molar-refractivity contribution < 1.29 is 23.9 Å². The fourth-order valence-electron chi connectivity index (χ4n) is 6.58. The van der Waals surface area contributed by atoms with Crippen LogP contribution in [0.3, 0.4) is 0 Å². The van der Waals surface area contributed by atoms with Crippen LogP contribution in [0.15, 0.2) is 72.8 Å². The summed E-state index contributed by atoms with van der Waals surface area (Å²) in [6, 6.07) is 21.5. The number of benzene rings is 3. The van der Waals surface area contributed by atoms with Crippen molar-refractivity contribution in [1.82, 2.24) is 0 Å². The van der Waals surface area contributed by atoms with Gasteiger partial charge in [0.05, 0.1) is 35.6 Å². The molecule has 6 heteroatoms. The highest BCUT2D eigenvalue weighted by molar-refractivity contribution is 6.25. The minimum absolute atomic E-state index is 0.318. The first-order valence-corrected chi connectivity index (χ1v) is 11.1. The highest BCUT2D eigenvalue weighted by Gasteiger charge is 2.72. The first-order chi connectivity index (χ1) is 16.4. The lowest BCUT2D eigenvalue weighted by Crippen LogP contribution is -2.61. The molecule has 2 atom stereocenters. The van der Waals surface area contributed by atoms with Crippen molar-refractivity contribution in [3.05, 3.63) is 101 Å². The number of esters is 1. The van der Waals surface area contributed by atoms with Crippen LogP contribution in [-0.2, 0) is 30.0 Å². The number of carbonyl (C=O) groups excluding carboxylic acids is 4. The van der Waals surface area contributed by atoms with Gasteiger partial charge in [-0.2, -0.15) is 0 Å². The third-order valence-electron chi connectivity index (χ3n) is 8.02. The van der Waals surface area contributed by atoms with Gasteiger partial charge in [0.25, 0.3) is 0 Å². The second-order valence-electron chi connectivity index (χ2n) is 9.29. The van der Waals surface area contributed by atoms with E-state index in [0.717, 1.165) is 28.5 Å². The molecule has 0 aromatic heterocycles. The molecule has 4 aliphatic rings. The van der Waals surface area contributed by atoms with Gasteiger partial charge in [-0.25, -0.2) is 9.69 Å². The van der Waals surface area contributed by atoms with Gasteiger partial charge in [0.15, 0.2) is 0 Å². The molecule has 0 N–H and O–H groups in total. The monoisotopic (exact) mass is 451 g/mol. The maximum Gasteiger partial charge on any atom is 0.337 e. The largest absolute Gasteiger partial charge is 0.465 e. The van der Waals surface area contributed by atoms with Gasteiger partial charge in [-0.05, 0) is 46.5 Å². The lowest BCUT2D eigenvalue weighted by atomic mass is 9.42. The molecule has 0 spiro atoms. The SMILES string of the molecule is COC(=O)c1ccc(N2C(=O)[C@@H]3[C@@H](C2=O)C2(C=O)c4ccccc4C3(C)c3ccccc32)cc1. The number of methoxy groups -OCH3 is 1. The molecule has 1 heterocycles. The Morgan fingerprint density at radius 2 is 1.32 bits per heavy atom. The van der Waals surface area contributed by atoms with E-state index in [1.54, 1.807) is 12.1 Å². The predicted molar refractivity (Wildman–Crippen MR) is 123 cm³/mol. The molecule has 0 saturated carbocycles. The van der Waals surface area contributed by atoms with Gasteiger partial charge >= 0.3 is 5.97 Å². The van der Waals surface area contributed by atoms with Gasteiger partial charge in [-0.3, -0.25) is 9.59 Å². The van der Waals surface area contributed by atoms with E-state index in [1.807, 2.05) is 55.5 Å². The Hall–Kier alpha value is -4.06. The van der Waals surface area contributed by atoms with Crippen molar-refractivity contribution in [2.75, 3.05) is 12.0 Å². The zero-order valence-corrected chi connectivity index (χ0v) is 18.6. The molecule has 6 nitrogen and oxygen atoms in total. The number of anilines is 1. The minimum Gasteiger partial charge on any atom is -0.465 e. The number of amides is 2. The number of nitrogens with zero attached hydrogens (tertiary/aromatic N) is 1. The molecule has 1 fully saturated rings. The Morgan fingerprint density at radius 1 is 0.824 bits per heavy atom. The van der Waals surface area contributed by atoms with Crippen LogP contribution in [0.25, 0.3) is 0 Å². The smallest absolute Gasteiger partial charge is 0.337 e. The third-order valence-corrected chi connectivity index (χ3v) is 8.02. The maximum atomic E-state index is 14.0. The van der Waals surface area contributed by atoms with E-state index in [2.05, 4.69) is 0 Å². The van der Waals surface area contributed by atoms with Crippen molar-refractivity contribution >= 4 is 29.8 Å². The average Bonchev–Trinajstić information content (AvgIpc) is 3.16. The van der Waals surface area contributed by atoms with E-state index >= 15 is 0 Å². The third kappa shape index (κ3) is 2.16. The zero-order chi connectivity index (χ0) is 23.8. The van der Waals surface area contributed by atoms with Crippen molar-refractivity contribution in [1.29, 1.82) is 0 Å². The van der Waals surface area contributed by atoms with Crippen LogP contribution in [-0.4, -0.2) is 31.2 Å². The van der Waals surface area contributed by atoms with Crippen LogP contribution in [0.2, 0.25) is 0 Å². The zero-order valence-electron chi connectivity index (χ0n) is 18.6. The highest BCUT2D eigenvalue weighted by atomic mass is 16.5. The quantitative estimate of drug-likeness (QED) is 0.346. The van der Waals surface area contributed by atoms with E-state index in [4.69, 9.17) is 4.74 Å². The first-order valence-electron chi connectivity index (χ1n) is 11.1. The van der Waals surface area contributed by atoms with E-state index in [-0.39, 0.29) is 5.91 Å². The number of ether oxygens (including phenoxy) is 1. The Morgan fingerprint density at radius 3 is 1.82 bits per heavy atom. The maximum absolute atomic E-state index is 14.0. The highest BCUT2D eigenvalue weighted by Crippen LogP contribution is 2.66. The number of rotatable bonds is 3. The molecular weight excluding hydrogens is 430 g/mol. The van der Waals surface area contributed by atoms with Gasteiger partial charge < -0.3 is 9.53 Å². The molecule has 34 heavy (non-hydrogen) atoms. The number of imide groups is 1. The summed E-state index contributed by atoms with van der Waals surface area (Å²) < 4.78 is 4.74. The van der Waals surface area contributed by atoms with Crippen molar-refractivity contribution in [2.24, 2.45) is 11.8 Å². The molecule has 0 radical (unpaired) electrons. The van der Waals surface area contributed by atoms with Crippen molar-refractivity contribution in [2.45, 2.75) is 17.8 Å². The lowest BCUT2D eigenvalue weighted by molar-refractivity contribution is -0.129. The van der Waals surface area contributed by atoms with Crippen LogP contribution in [0, 0.1) is 11.8 Å². The van der Waals surface area contributed by atoms with Gasteiger partial charge in [0, 0.05) is 5.41 Å². The second kappa shape index (κ2) is 6.73. The van der Waals surface area contributed by atoms with E-state index in [9.17, 15) is 19.2 Å². The summed E-state index contributed by atoms with van der Waals surface area (Å²) in [4.78, 5) is 54.0. The van der Waals surface area contributed by atoms with Crippen molar-refractivity contribution in [3.8, 4) is 0 Å². The lowest BCUT2D eigenvalue weighted by Gasteiger charge is -2.56. The molecule has 2 amide bonds. The van der Waals surface area contributed by atoms with Gasteiger partial charge in [-0.1, -0.05) is 55.5 Å². The van der Waals surface area contributed by atoms with Crippen LogP contribution >= 0.6 is 0 Å². The standard InChI is InChI=1S/C28H21NO5/c1-27-18-7-3-5-9-20(18)28(15-30,21-10-6-4-8-19(21)27)23-22(27)24(31)29(25(23)32)17-13-11-16(12-14-17)26(33)34-2/h3-15,22-23H,1-2H3/t22-,23-,27?,28?/m0/s1. The first kappa shape index (κ1) is 20.5. The number of hydrogen-bond acceptors (Lipinski definition) is 5. The van der Waals surface area contributed by atoms with Gasteiger partial charge in [0.1, 0.15) is 6.29 Å². The van der Waals surface area contributed by atoms with E-state index in [1.165, 1.54) is 24.1 Å². The minimum atomic E-state index is -1.25. The second-order valence-corrected chi connectivity index (χ2v) is 9.29. The summed E-state index contributed by atoms with van der Waals surface area (Å²) in [6.45, 7) is 2.01. The molecule has 1 aliphatic heterocycles. The molecule has 1 saturated heterocycles. The summed E-state index contributed by atoms with van der Waals surface area (Å²) in [5.74, 6) is -2.82. The normalized spacial score (nSPS) is 28.2. The Bertz CT molecular complexity index is 1360. The molecule has 168 valence electrons. The molecule has 3 aromatic rings. The molecular formula is C28H21NO5. The Balaban J connectivity index is 1.59. The predicted octanol–water partition coefficient (Wildman–Crippen LogP) is 3.40. The van der Waals surface area contributed by atoms with Gasteiger partial charge in [-0.15, -0.1) is 0 Å². The van der Waals surface area contributed by atoms with Crippen molar-refractivity contribution in [3.63, 3.8) is 0 Å². The van der Waals surface area contributed by atoms with Crippen LogP contribution in [0.5, 0.6) is 0 Å². The van der Waals surface area contributed by atoms with E-state index < -0.39 is 34.5 Å². The van der Waals surface area contributed by atoms with Gasteiger partial charge in [0.2, 0.25) is 11.8 Å². The topological polar surface area (TPSA) is 80.8 Å². The molecule has 3 aliphatic carbocycles. The molecule has 7 rings (SSSR count). The average molecular weight is 451 g/mol. The Labute approximate surface area is 196 Å². The van der Waals surface area contributed by atoms with Crippen LogP contribution < -0.4 is 4.90 Å². The Kier molecular flexibility index (Phi) is 4.07. The summed E-state index contributed by atoms with van der Waals surface area (Å²) in [5, 5.41) is 0.